The van der Waals surface area contributed by atoms with E-state index >= 15 is 0 Å². The minimum absolute atomic E-state index is 0.224. The van der Waals surface area contributed by atoms with Gasteiger partial charge in [0.15, 0.2) is 0 Å². The standard InChI is InChI=1S/C23H34N2O2/c1-18(2)27-21-6-4-19(5-7-21)22(3)16-23(22)10-14-25(15-11-23)20-8-12-24(17-26)13-9-20/h4-7,17-18,20H,8-16H2,1-3H3. The summed E-state index contributed by atoms with van der Waals surface area (Å²) in [5.74, 6) is 0.975. The molecule has 1 amide bonds. The van der Waals surface area contributed by atoms with Gasteiger partial charge in [-0.2, -0.15) is 0 Å². The van der Waals surface area contributed by atoms with Gasteiger partial charge in [0.1, 0.15) is 5.75 Å². The Morgan fingerprint density at radius 2 is 1.70 bits per heavy atom. The fourth-order valence-corrected chi connectivity index (χ4v) is 5.62. The second-order valence-electron chi connectivity index (χ2n) is 9.39. The van der Waals surface area contributed by atoms with Gasteiger partial charge in [-0.3, -0.25) is 4.79 Å². The predicted molar refractivity (Wildman–Crippen MR) is 108 cm³/mol. The van der Waals surface area contributed by atoms with Crippen molar-refractivity contribution >= 4 is 6.41 Å². The van der Waals surface area contributed by atoms with Crippen LogP contribution in [0.3, 0.4) is 0 Å². The molecule has 1 aromatic carbocycles. The number of likely N-dealkylation sites (tertiary alicyclic amines) is 2. The van der Waals surface area contributed by atoms with Gasteiger partial charge in [0.2, 0.25) is 6.41 Å². The topological polar surface area (TPSA) is 32.8 Å². The molecule has 2 saturated heterocycles. The smallest absolute Gasteiger partial charge is 0.209 e. The highest BCUT2D eigenvalue weighted by Crippen LogP contribution is 2.69. The minimum Gasteiger partial charge on any atom is -0.491 e. The highest BCUT2D eigenvalue weighted by atomic mass is 16.5. The zero-order valence-corrected chi connectivity index (χ0v) is 17.1. The van der Waals surface area contributed by atoms with Crippen LogP contribution in [0.2, 0.25) is 0 Å². The van der Waals surface area contributed by atoms with Crippen molar-refractivity contribution in [2.24, 2.45) is 5.41 Å². The Kier molecular flexibility index (Phi) is 4.96. The predicted octanol–water partition coefficient (Wildman–Crippen LogP) is 3.84. The SMILES string of the molecule is CC(C)Oc1ccc(C2(C)CC23CCN(C2CCN(C=O)CC2)CC3)cc1. The summed E-state index contributed by atoms with van der Waals surface area (Å²) in [6.07, 6.45) is 7.45. The fraction of sp³-hybridized carbons (Fsp3) is 0.696. The molecule has 1 atom stereocenters. The normalized spacial score (nSPS) is 28.5. The molecule has 1 saturated carbocycles. The first-order valence-corrected chi connectivity index (χ1v) is 10.7. The van der Waals surface area contributed by atoms with Crippen LogP contribution in [-0.2, 0) is 10.2 Å². The van der Waals surface area contributed by atoms with E-state index in [0.717, 1.165) is 38.1 Å². The molecule has 3 fully saturated rings. The summed E-state index contributed by atoms with van der Waals surface area (Å²) in [4.78, 5) is 15.5. The highest BCUT2D eigenvalue weighted by Gasteiger charge is 2.64. The molecule has 148 valence electrons. The van der Waals surface area contributed by atoms with Crippen LogP contribution in [0.15, 0.2) is 24.3 Å². The van der Waals surface area contributed by atoms with E-state index in [2.05, 4.69) is 49.9 Å². The molecule has 1 aromatic rings. The molecule has 4 rings (SSSR count). The molecule has 2 aliphatic heterocycles. The van der Waals surface area contributed by atoms with E-state index in [1.165, 1.54) is 37.9 Å². The third-order valence-electron chi connectivity index (χ3n) is 7.52. The van der Waals surface area contributed by atoms with Gasteiger partial charge >= 0.3 is 0 Å². The van der Waals surface area contributed by atoms with Crippen molar-refractivity contribution < 1.29 is 9.53 Å². The maximum absolute atomic E-state index is 10.9. The van der Waals surface area contributed by atoms with Gasteiger partial charge in [-0.15, -0.1) is 0 Å². The van der Waals surface area contributed by atoms with Crippen molar-refractivity contribution in [3.8, 4) is 5.75 Å². The Balaban J connectivity index is 1.35. The molecule has 2 heterocycles. The summed E-state index contributed by atoms with van der Waals surface area (Å²) in [5, 5.41) is 0. The summed E-state index contributed by atoms with van der Waals surface area (Å²) in [7, 11) is 0. The van der Waals surface area contributed by atoms with E-state index in [0.29, 0.717) is 16.9 Å². The quantitative estimate of drug-likeness (QED) is 0.738. The summed E-state index contributed by atoms with van der Waals surface area (Å²) < 4.78 is 5.80. The third kappa shape index (κ3) is 3.49. The van der Waals surface area contributed by atoms with Gasteiger partial charge in [-0.05, 0) is 87.6 Å². The lowest BCUT2D eigenvalue weighted by molar-refractivity contribution is -0.119. The van der Waals surface area contributed by atoms with Crippen LogP contribution in [0, 0.1) is 5.41 Å². The van der Waals surface area contributed by atoms with Crippen molar-refractivity contribution in [3.63, 3.8) is 0 Å². The van der Waals surface area contributed by atoms with Crippen molar-refractivity contribution in [2.45, 2.75) is 70.4 Å². The van der Waals surface area contributed by atoms with E-state index in [4.69, 9.17) is 4.74 Å². The average Bonchev–Trinajstić information content (AvgIpc) is 3.26. The lowest BCUT2D eigenvalue weighted by Crippen LogP contribution is -2.48. The first kappa shape index (κ1) is 18.8. The maximum Gasteiger partial charge on any atom is 0.209 e. The lowest BCUT2D eigenvalue weighted by Gasteiger charge is -2.42. The summed E-state index contributed by atoms with van der Waals surface area (Å²) >= 11 is 0. The molecule has 1 aliphatic carbocycles. The van der Waals surface area contributed by atoms with Crippen LogP contribution in [0.1, 0.15) is 58.4 Å². The highest BCUT2D eigenvalue weighted by molar-refractivity contribution is 5.47. The zero-order chi connectivity index (χ0) is 19.1. The molecule has 1 unspecified atom stereocenters. The Morgan fingerprint density at radius 1 is 1.07 bits per heavy atom. The molecule has 3 aliphatic rings. The molecule has 0 N–H and O–H groups in total. The van der Waals surface area contributed by atoms with Gasteiger partial charge < -0.3 is 14.5 Å². The Hall–Kier alpha value is -1.55. The molecular formula is C23H34N2O2. The van der Waals surface area contributed by atoms with E-state index < -0.39 is 0 Å². The second-order valence-corrected chi connectivity index (χ2v) is 9.39. The van der Waals surface area contributed by atoms with Crippen molar-refractivity contribution in [1.29, 1.82) is 0 Å². The van der Waals surface area contributed by atoms with Gasteiger partial charge in [-0.25, -0.2) is 0 Å². The van der Waals surface area contributed by atoms with E-state index in [9.17, 15) is 4.79 Å². The van der Waals surface area contributed by atoms with Gasteiger partial charge in [-0.1, -0.05) is 19.1 Å². The number of carbonyl (C=O) groups excluding carboxylic acids is 1. The number of benzene rings is 1. The van der Waals surface area contributed by atoms with Crippen molar-refractivity contribution in [2.75, 3.05) is 26.2 Å². The molecule has 0 aromatic heterocycles. The van der Waals surface area contributed by atoms with Crippen molar-refractivity contribution in [3.05, 3.63) is 29.8 Å². The Morgan fingerprint density at radius 3 is 2.26 bits per heavy atom. The van der Waals surface area contributed by atoms with E-state index in [1.54, 1.807) is 0 Å². The van der Waals surface area contributed by atoms with Crippen LogP contribution in [0.5, 0.6) is 5.75 Å². The minimum atomic E-state index is 0.224. The second kappa shape index (κ2) is 7.12. The van der Waals surface area contributed by atoms with Gasteiger partial charge in [0, 0.05) is 19.1 Å². The van der Waals surface area contributed by atoms with Gasteiger partial charge in [0.25, 0.3) is 0 Å². The number of amides is 1. The summed E-state index contributed by atoms with van der Waals surface area (Å²) in [6.45, 7) is 10.9. The summed E-state index contributed by atoms with van der Waals surface area (Å²) in [5.41, 5.74) is 2.30. The largest absolute Gasteiger partial charge is 0.491 e. The third-order valence-corrected chi connectivity index (χ3v) is 7.52. The number of carbonyl (C=O) groups is 1. The molecule has 4 heteroatoms. The van der Waals surface area contributed by atoms with Crippen molar-refractivity contribution in [1.82, 2.24) is 9.80 Å². The Labute approximate surface area is 163 Å². The molecule has 0 radical (unpaired) electrons. The Bertz CT molecular complexity index is 655. The monoisotopic (exact) mass is 370 g/mol. The number of hydrogen-bond donors (Lipinski definition) is 0. The van der Waals surface area contributed by atoms with E-state index in [1.807, 2.05) is 4.90 Å². The van der Waals surface area contributed by atoms with Gasteiger partial charge in [0.05, 0.1) is 6.10 Å². The zero-order valence-electron chi connectivity index (χ0n) is 17.1. The van der Waals surface area contributed by atoms with Crippen LogP contribution >= 0.6 is 0 Å². The van der Waals surface area contributed by atoms with Crippen LogP contribution in [0.4, 0.5) is 0 Å². The van der Waals surface area contributed by atoms with Crippen LogP contribution in [-0.4, -0.2) is 54.5 Å². The first-order valence-electron chi connectivity index (χ1n) is 10.7. The average molecular weight is 371 g/mol. The maximum atomic E-state index is 10.9. The molecule has 0 bridgehead atoms. The fourth-order valence-electron chi connectivity index (χ4n) is 5.62. The number of piperidine rings is 2. The van der Waals surface area contributed by atoms with Crippen LogP contribution in [0.25, 0.3) is 0 Å². The van der Waals surface area contributed by atoms with E-state index in [-0.39, 0.29) is 6.10 Å². The molecule has 4 nitrogen and oxygen atoms in total. The number of hydrogen-bond acceptors (Lipinski definition) is 3. The lowest BCUT2D eigenvalue weighted by atomic mass is 9.80. The molecule has 27 heavy (non-hydrogen) atoms. The summed E-state index contributed by atoms with van der Waals surface area (Å²) in [6, 6.07) is 9.53. The van der Waals surface area contributed by atoms with Crippen LogP contribution < -0.4 is 4.74 Å². The number of ether oxygens (including phenoxy) is 1. The molecule has 1 spiro atoms. The molecular weight excluding hydrogens is 336 g/mol. The number of rotatable bonds is 5. The number of nitrogens with zero attached hydrogens (tertiary/aromatic N) is 2. The first-order chi connectivity index (χ1) is 13.0.